The van der Waals surface area contributed by atoms with E-state index in [0.717, 1.165) is 22.4 Å². The molecule has 4 aromatic heterocycles. The summed E-state index contributed by atoms with van der Waals surface area (Å²) in [6.07, 6.45) is 2.27. The van der Waals surface area contributed by atoms with E-state index in [4.69, 9.17) is 9.47 Å². The normalized spacial score (nSPS) is 10.7. The van der Waals surface area contributed by atoms with Gasteiger partial charge in [-0.05, 0) is 67.6 Å². The number of ether oxygens (including phenoxy) is 2. The first-order chi connectivity index (χ1) is 17.5. The van der Waals surface area contributed by atoms with Crippen molar-refractivity contribution >= 4 is 11.0 Å². The fraction of sp³-hybridized carbons (Fsp3) is 0.185. The number of nitrogens with zero attached hydrogens (tertiary/aromatic N) is 7. The van der Waals surface area contributed by atoms with Crippen LogP contribution in [-0.4, -0.2) is 48.9 Å². The van der Waals surface area contributed by atoms with E-state index in [9.17, 15) is 0 Å². The highest BCUT2D eigenvalue weighted by molar-refractivity contribution is 5.74. The van der Waals surface area contributed by atoms with Crippen molar-refractivity contribution in [3.8, 4) is 29.2 Å². The van der Waals surface area contributed by atoms with Crippen LogP contribution in [0, 0.1) is 25.7 Å². The van der Waals surface area contributed by atoms with Crippen molar-refractivity contribution < 1.29 is 9.47 Å². The molecule has 9 nitrogen and oxygen atoms in total. The summed E-state index contributed by atoms with van der Waals surface area (Å²) < 4.78 is 12.5. The molecular weight excluding hydrogens is 454 g/mol. The third-order valence-corrected chi connectivity index (χ3v) is 5.41. The van der Waals surface area contributed by atoms with Crippen molar-refractivity contribution in [3.63, 3.8) is 0 Å². The van der Waals surface area contributed by atoms with E-state index in [1.54, 1.807) is 31.2 Å². The van der Waals surface area contributed by atoms with Crippen molar-refractivity contribution in [3.05, 3.63) is 89.2 Å². The predicted molar refractivity (Wildman–Crippen MR) is 134 cm³/mol. The molecular formula is C27H23N7O2. The molecule has 9 heteroatoms. The van der Waals surface area contributed by atoms with Gasteiger partial charge in [0.15, 0.2) is 17.3 Å². The zero-order chi connectivity index (χ0) is 25.1. The van der Waals surface area contributed by atoms with Crippen LogP contribution in [-0.2, 0) is 6.42 Å². The summed E-state index contributed by atoms with van der Waals surface area (Å²) in [5, 5.41) is 4.58. The summed E-state index contributed by atoms with van der Waals surface area (Å²) >= 11 is 0. The van der Waals surface area contributed by atoms with Crippen LogP contribution in [0.2, 0.25) is 0 Å². The van der Waals surface area contributed by atoms with Gasteiger partial charge in [0.1, 0.15) is 28.9 Å². The first-order valence-electron chi connectivity index (χ1n) is 11.3. The molecule has 178 valence electrons. The Bertz CT molecular complexity index is 1630. The number of methoxy groups -OCH3 is 2. The molecule has 0 aliphatic carbocycles. The van der Waals surface area contributed by atoms with Gasteiger partial charge in [0.2, 0.25) is 0 Å². The SMILES string of the molecule is COc1ccc(Cc2nc(C)nn2-c2cc(C#Cc3ccc4ncccc4n3)nc(C)n2)cc1OC. The van der Waals surface area contributed by atoms with Gasteiger partial charge < -0.3 is 9.47 Å². The smallest absolute Gasteiger partial charge is 0.161 e. The van der Waals surface area contributed by atoms with Crippen LogP contribution in [0.15, 0.2) is 54.7 Å². The molecule has 36 heavy (non-hydrogen) atoms. The molecule has 0 N–H and O–H groups in total. The molecule has 0 bridgehead atoms. The number of rotatable bonds is 5. The maximum atomic E-state index is 5.44. The van der Waals surface area contributed by atoms with Gasteiger partial charge in [-0.2, -0.15) is 4.68 Å². The van der Waals surface area contributed by atoms with E-state index in [1.807, 2.05) is 56.3 Å². The Balaban J connectivity index is 1.47. The second-order valence-electron chi connectivity index (χ2n) is 8.00. The number of aryl methyl sites for hydroxylation is 2. The summed E-state index contributed by atoms with van der Waals surface area (Å²) in [6, 6.07) is 15.1. The van der Waals surface area contributed by atoms with Crippen LogP contribution in [0.3, 0.4) is 0 Å². The number of hydrogen-bond donors (Lipinski definition) is 0. The molecule has 0 spiro atoms. The topological polar surface area (TPSA) is 101 Å². The second kappa shape index (κ2) is 9.80. The predicted octanol–water partition coefficient (Wildman–Crippen LogP) is 3.63. The molecule has 0 saturated carbocycles. The highest BCUT2D eigenvalue weighted by atomic mass is 16.5. The lowest BCUT2D eigenvalue weighted by atomic mass is 10.1. The Morgan fingerprint density at radius 3 is 2.44 bits per heavy atom. The average Bonchev–Trinajstić information content (AvgIpc) is 3.26. The Morgan fingerprint density at radius 1 is 0.778 bits per heavy atom. The van der Waals surface area contributed by atoms with Gasteiger partial charge in [-0.15, -0.1) is 5.10 Å². The Hall–Kier alpha value is -4.84. The summed E-state index contributed by atoms with van der Waals surface area (Å²) in [4.78, 5) is 22.6. The lowest BCUT2D eigenvalue weighted by Gasteiger charge is -2.10. The molecule has 0 radical (unpaired) electrons. The van der Waals surface area contributed by atoms with Gasteiger partial charge >= 0.3 is 0 Å². The lowest BCUT2D eigenvalue weighted by Crippen LogP contribution is -2.08. The van der Waals surface area contributed by atoms with Crippen LogP contribution in [0.4, 0.5) is 0 Å². The lowest BCUT2D eigenvalue weighted by molar-refractivity contribution is 0.354. The van der Waals surface area contributed by atoms with E-state index >= 15 is 0 Å². The maximum Gasteiger partial charge on any atom is 0.161 e. The number of hydrogen-bond acceptors (Lipinski definition) is 8. The van der Waals surface area contributed by atoms with Gasteiger partial charge in [-0.1, -0.05) is 6.07 Å². The fourth-order valence-corrected chi connectivity index (χ4v) is 3.81. The van der Waals surface area contributed by atoms with Gasteiger partial charge in [-0.3, -0.25) is 4.98 Å². The quantitative estimate of drug-likeness (QED) is 0.354. The molecule has 5 aromatic rings. The third-order valence-electron chi connectivity index (χ3n) is 5.41. The maximum absolute atomic E-state index is 5.44. The third kappa shape index (κ3) is 4.83. The number of fused-ring (bicyclic) bond motifs is 1. The van der Waals surface area contributed by atoms with Crippen molar-refractivity contribution in [1.82, 2.24) is 34.7 Å². The molecule has 5 rings (SSSR count). The largest absolute Gasteiger partial charge is 0.493 e. The molecule has 0 aliphatic heterocycles. The Kier molecular flexibility index (Phi) is 6.24. The summed E-state index contributed by atoms with van der Waals surface area (Å²) in [5.41, 5.74) is 3.83. The van der Waals surface area contributed by atoms with E-state index in [2.05, 4.69) is 41.9 Å². The molecule has 0 aliphatic rings. The van der Waals surface area contributed by atoms with Crippen molar-refractivity contribution in [2.24, 2.45) is 0 Å². The van der Waals surface area contributed by atoms with Crippen LogP contribution < -0.4 is 9.47 Å². The first-order valence-corrected chi connectivity index (χ1v) is 11.3. The zero-order valence-corrected chi connectivity index (χ0v) is 20.4. The molecule has 0 amide bonds. The molecule has 0 unspecified atom stereocenters. The Morgan fingerprint density at radius 2 is 1.61 bits per heavy atom. The van der Waals surface area contributed by atoms with Gasteiger partial charge in [0, 0.05) is 18.7 Å². The van der Waals surface area contributed by atoms with Gasteiger partial charge in [0.05, 0.1) is 25.3 Å². The molecule has 1 aromatic carbocycles. The average molecular weight is 478 g/mol. The van der Waals surface area contributed by atoms with Crippen molar-refractivity contribution in [2.45, 2.75) is 20.3 Å². The number of benzene rings is 1. The van der Waals surface area contributed by atoms with Crippen LogP contribution in [0.25, 0.3) is 16.9 Å². The standard InChI is InChI=1S/C27H23N7O2/c1-17-29-21(9-8-20-10-11-22-23(32-20)6-5-13-28-22)16-27(30-17)34-26(31-18(2)33-34)15-19-7-12-24(35-3)25(14-19)36-4/h5-7,10-14,16H,15H2,1-4H3. The van der Waals surface area contributed by atoms with Crippen LogP contribution in [0.1, 0.15) is 34.4 Å². The number of aromatic nitrogens is 7. The van der Waals surface area contributed by atoms with Crippen molar-refractivity contribution in [2.75, 3.05) is 14.2 Å². The highest BCUT2D eigenvalue weighted by Gasteiger charge is 2.14. The van der Waals surface area contributed by atoms with Gasteiger partial charge in [0.25, 0.3) is 0 Å². The summed E-state index contributed by atoms with van der Waals surface area (Å²) in [5.74, 6) is 10.1. The molecule has 0 atom stereocenters. The first kappa shape index (κ1) is 22.9. The molecule has 4 heterocycles. The molecule has 0 saturated heterocycles. The monoisotopic (exact) mass is 477 g/mol. The highest BCUT2D eigenvalue weighted by Crippen LogP contribution is 2.28. The van der Waals surface area contributed by atoms with E-state index < -0.39 is 0 Å². The zero-order valence-electron chi connectivity index (χ0n) is 20.4. The number of pyridine rings is 2. The second-order valence-corrected chi connectivity index (χ2v) is 8.00. The minimum Gasteiger partial charge on any atom is -0.493 e. The van der Waals surface area contributed by atoms with Crippen LogP contribution >= 0.6 is 0 Å². The van der Waals surface area contributed by atoms with Crippen LogP contribution in [0.5, 0.6) is 11.5 Å². The summed E-state index contributed by atoms with van der Waals surface area (Å²) in [7, 11) is 3.23. The van der Waals surface area contributed by atoms with E-state index in [0.29, 0.717) is 46.8 Å². The van der Waals surface area contributed by atoms with E-state index in [-0.39, 0.29) is 0 Å². The van der Waals surface area contributed by atoms with Crippen molar-refractivity contribution in [1.29, 1.82) is 0 Å². The minimum atomic E-state index is 0.528. The van der Waals surface area contributed by atoms with Gasteiger partial charge in [-0.25, -0.2) is 19.9 Å². The van der Waals surface area contributed by atoms with E-state index in [1.165, 1.54) is 0 Å². The minimum absolute atomic E-state index is 0.528. The molecule has 0 fully saturated rings. The fourth-order valence-electron chi connectivity index (χ4n) is 3.81. The summed E-state index contributed by atoms with van der Waals surface area (Å²) in [6.45, 7) is 3.68. The Labute approximate surface area is 208 Å².